The lowest BCUT2D eigenvalue weighted by Gasteiger charge is -2.15. The minimum atomic E-state index is -1.06. The van der Waals surface area contributed by atoms with Crippen LogP contribution in [0, 0.1) is 11.6 Å². The van der Waals surface area contributed by atoms with Crippen molar-refractivity contribution in [1.29, 1.82) is 0 Å². The lowest BCUT2D eigenvalue weighted by molar-refractivity contribution is 0.543. The van der Waals surface area contributed by atoms with Gasteiger partial charge in [0.05, 0.1) is 11.1 Å². The molecule has 0 radical (unpaired) electrons. The van der Waals surface area contributed by atoms with Crippen LogP contribution in [0.3, 0.4) is 0 Å². The summed E-state index contributed by atoms with van der Waals surface area (Å²) >= 11 is 5.77. The highest BCUT2D eigenvalue weighted by Crippen LogP contribution is 2.28. The van der Waals surface area contributed by atoms with Crippen LogP contribution >= 0.6 is 11.6 Å². The van der Waals surface area contributed by atoms with Gasteiger partial charge in [0, 0.05) is 17.3 Å². The van der Waals surface area contributed by atoms with Gasteiger partial charge in [-0.15, -0.1) is 0 Å². The second-order valence-electron chi connectivity index (χ2n) is 3.74. The van der Waals surface area contributed by atoms with E-state index in [0.29, 0.717) is 5.02 Å². The van der Waals surface area contributed by atoms with Crippen molar-refractivity contribution in [3.63, 3.8) is 0 Å². The van der Waals surface area contributed by atoms with Gasteiger partial charge in [-0.25, -0.2) is 13.8 Å². The first-order chi connectivity index (χ1) is 8.50. The first kappa shape index (κ1) is 12.7. The molecule has 1 aromatic carbocycles. The highest BCUT2D eigenvalue weighted by Gasteiger charge is 2.20. The molecule has 1 heterocycles. The van der Waals surface area contributed by atoms with Crippen LogP contribution in [0.25, 0.3) is 0 Å². The Hall–Kier alpha value is -1.72. The Labute approximate surface area is 107 Å². The Morgan fingerprint density at radius 3 is 2.44 bits per heavy atom. The quantitative estimate of drug-likeness (QED) is 0.881. The third-order valence-electron chi connectivity index (χ3n) is 2.56. The van der Waals surface area contributed by atoms with E-state index in [1.54, 1.807) is 0 Å². The third-order valence-corrected chi connectivity index (χ3v) is 2.77. The van der Waals surface area contributed by atoms with Crippen LogP contribution in [-0.2, 0) is 0 Å². The molecular weight excluding hydrogens is 260 g/mol. The van der Waals surface area contributed by atoms with E-state index in [4.69, 9.17) is 23.1 Å². The number of benzene rings is 1. The molecule has 0 aliphatic heterocycles. The molecule has 1 aromatic heterocycles. The molecular formula is C12H10ClF2N3. The van der Waals surface area contributed by atoms with Crippen LogP contribution in [0.1, 0.15) is 17.2 Å². The van der Waals surface area contributed by atoms with Gasteiger partial charge < -0.3 is 11.5 Å². The van der Waals surface area contributed by atoms with Gasteiger partial charge in [0.25, 0.3) is 0 Å². The Morgan fingerprint density at radius 1 is 1.22 bits per heavy atom. The molecule has 4 N–H and O–H groups in total. The first-order valence-corrected chi connectivity index (χ1v) is 5.49. The van der Waals surface area contributed by atoms with Gasteiger partial charge in [-0.2, -0.15) is 0 Å². The molecule has 94 valence electrons. The highest BCUT2D eigenvalue weighted by atomic mass is 35.5. The number of rotatable bonds is 2. The van der Waals surface area contributed by atoms with E-state index < -0.39 is 17.7 Å². The maximum Gasteiger partial charge on any atom is 0.131 e. The van der Waals surface area contributed by atoms with Crippen LogP contribution in [0.2, 0.25) is 5.02 Å². The zero-order chi connectivity index (χ0) is 13.3. The van der Waals surface area contributed by atoms with Crippen molar-refractivity contribution in [3.05, 3.63) is 58.2 Å². The predicted molar refractivity (Wildman–Crippen MR) is 66.0 cm³/mol. The molecule has 0 amide bonds. The number of halogens is 3. The van der Waals surface area contributed by atoms with Crippen molar-refractivity contribution in [2.75, 3.05) is 5.73 Å². The Kier molecular flexibility index (Phi) is 3.45. The number of nitrogens with zero attached hydrogens (tertiary/aromatic N) is 1. The number of pyridine rings is 1. The van der Waals surface area contributed by atoms with Gasteiger partial charge in [-0.05, 0) is 18.2 Å². The van der Waals surface area contributed by atoms with Crippen LogP contribution in [0.5, 0.6) is 0 Å². The van der Waals surface area contributed by atoms with Crippen molar-refractivity contribution < 1.29 is 8.78 Å². The van der Waals surface area contributed by atoms with Crippen molar-refractivity contribution in [1.82, 2.24) is 4.98 Å². The minimum absolute atomic E-state index is 0.0922. The van der Waals surface area contributed by atoms with Gasteiger partial charge in [0.1, 0.15) is 17.5 Å². The molecule has 0 saturated heterocycles. The van der Waals surface area contributed by atoms with E-state index in [1.807, 2.05) is 0 Å². The molecule has 0 spiro atoms. The van der Waals surface area contributed by atoms with Crippen molar-refractivity contribution in [3.8, 4) is 0 Å². The number of aromatic nitrogens is 1. The van der Waals surface area contributed by atoms with Crippen LogP contribution in [0.4, 0.5) is 14.6 Å². The molecule has 1 atom stereocenters. The molecule has 6 heteroatoms. The number of hydrogen-bond donors (Lipinski definition) is 2. The van der Waals surface area contributed by atoms with Gasteiger partial charge in [0.2, 0.25) is 0 Å². The summed E-state index contributed by atoms with van der Waals surface area (Å²) in [6.07, 6.45) is 1.34. The fraction of sp³-hybridized carbons (Fsp3) is 0.0833. The molecule has 0 aliphatic carbocycles. The Morgan fingerprint density at radius 2 is 1.83 bits per heavy atom. The molecule has 0 saturated carbocycles. The number of nitrogens with two attached hydrogens (primary N) is 2. The largest absolute Gasteiger partial charge is 0.383 e. The van der Waals surface area contributed by atoms with Gasteiger partial charge >= 0.3 is 0 Å². The fourth-order valence-corrected chi connectivity index (χ4v) is 1.84. The number of hydrogen-bond acceptors (Lipinski definition) is 3. The number of anilines is 1. The molecule has 2 aromatic rings. The Balaban J connectivity index is 2.54. The normalized spacial score (nSPS) is 12.4. The fourth-order valence-electron chi connectivity index (χ4n) is 1.68. The van der Waals surface area contributed by atoms with Gasteiger partial charge in [-0.1, -0.05) is 17.7 Å². The number of nitrogen functional groups attached to an aromatic ring is 1. The van der Waals surface area contributed by atoms with Crippen molar-refractivity contribution in [2.45, 2.75) is 6.04 Å². The second kappa shape index (κ2) is 4.88. The summed E-state index contributed by atoms with van der Waals surface area (Å²) in [7, 11) is 0. The summed E-state index contributed by atoms with van der Waals surface area (Å²) in [6, 6.07) is 3.91. The molecule has 18 heavy (non-hydrogen) atoms. The highest BCUT2D eigenvalue weighted by molar-refractivity contribution is 6.30. The van der Waals surface area contributed by atoms with E-state index in [2.05, 4.69) is 4.98 Å². The molecule has 0 fully saturated rings. The molecule has 0 aliphatic rings. The molecule has 1 unspecified atom stereocenters. The summed E-state index contributed by atoms with van der Waals surface area (Å²) in [4.78, 5) is 3.81. The summed E-state index contributed by atoms with van der Waals surface area (Å²) in [5.41, 5.74) is 11.5. The zero-order valence-electron chi connectivity index (χ0n) is 9.20. The minimum Gasteiger partial charge on any atom is -0.383 e. The van der Waals surface area contributed by atoms with Crippen LogP contribution in [-0.4, -0.2) is 4.98 Å². The maximum absolute atomic E-state index is 13.6. The average Bonchev–Trinajstić information content (AvgIpc) is 2.32. The van der Waals surface area contributed by atoms with E-state index in [9.17, 15) is 8.78 Å². The maximum atomic E-state index is 13.6. The lowest BCUT2D eigenvalue weighted by atomic mass is 9.99. The van der Waals surface area contributed by atoms with Crippen molar-refractivity contribution >= 4 is 17.4 Å². The smallest absolute Gasteiger partial charge is 0.131 e. The summed E-state index contributed by atoms with van der Waals surface area (Å²) in [5.74, 6) is -1.38. The zero-order valence-corrected chi connectivity index (χ0v) is 9.96. The first-order valence-electron chi connectivity index (χ1n) is 5.11. The van der Waals surface area contributed by atoms with Crippen LogP contribution in [0.15, 0.2) is 30.5 Å². The average molecular weight is 270 g/mol. The molecule has 0 bridgehead atoms. The topological polar surface area (TPSA) is 64.9 Å². The van der Waals surface area contributed by atoms with Gasteiger partial charge in [0.15, 0.2) is 0 Å². The Bertz CT molecular complexity index is 569. The SMILES string of the molecule is Nc1ncc(Cl)cc1C(N)c1c(F)cccc1F. The summed E-state index contributed by atoms with van der Waals surface area (Å²) in [6.45, 7) is 0. The van der Waals surface area contributed by atoms with Gasteiger partial charge in [-0.3, -0.25) is 0 Å². The molecule has 3 nitrogen and oxygen atoms in total. The predicted octanol–water partition coefficient (Wildman–Crippen LogP) is 2.64. The summed E-state index contributed by atoms with van der Waals surface area (Å²) < 4.78 is 27.2. The molecule has 2 rings (SSSR count). The van der Waals surface area contributed by atoms with E-state index in [0.717, 1.165) is 12.1 Å². The monoisotopic (exact) mass is 269 g/mol. The van der Waals surface area contributed by atoms with Crippen molar-refractivity contribution in [2.24, 2.45) is 5.73 Å². The third kappa shape index (κ3) is 2.27. The second-order valence-corrected chi connectivity index (χ2v) is 4.18. The van der Waals surface area contributed by atoms with E-state index in [1.165, 1.54) is 18.3 Å². The van der Waals surface area contributed by atoms with E-state index in [-0.39, 0.29) is 16.9 Å². The summed E-state index contributed by atoms with van der Waals surface area (Å²) in [5, 5.41) is 0.298. The lowest BCUT2D eigenvalue weighted by Crippen LogP contribution is -2.17. The van der Waals surface area contributed by atoms with E-state index >= 15 is 0 Å². The standard InChI is InChI=1S/C12H10ClF2N3/c13-6-4-7(12(17)18-5-6)11(16)10-8(14)2-1-3-9(10)15/h1-5,11H,16H2,(H2,17,18). The van der Waals surface area contributed by atoms with Crippen LogP contribution < -0.4 is 11.5 Å².